The van der Waals surface area contributed by atoms with Crippen LogP contribution in [0.15, 0.2) is 40.1 Å². The molecule has 0 unspecified atom stereocenters. The summed E-state index contributed by atoms with van der Waals surface area (Å²) < 4.78 is 3.21. The fourth-order valence-corrected chi connectivity index (χ4v) is 3.84. The van der Waals surface area contributed by atoms with Crippen LogP contribution in [0.3, 0.4) is 0 Å². The predicted molar refractivity (Wildman–Crippen MR) is 134 cm³/mol. The maximum Gasteiger partial charge on any atom is 0.329 e. The van der Waals surface area contributed by atoms with E-state index >= 15 is 0 Å². The molecule has 10 heteroatoms. The Bertz CT molecular complexity index is 1230. The lowest BCUT2D eigenvalue weighted by Gasteiger charge is -2.10. The molecule has 0 aliphatic heterocycles. The van der Waals surface area contributed by atoms with Crippen molar-refractivity contribution in [2.24, 2.45) is 0 Å². The highest BCUT2D eigenvalue weighted by Crippen LogP contribution is 2.21. The summed E-state index contributed by atoms with van der Waals surface area (Å²) in [5.74, 6) is 1.23. The van der Waals surface area contributed by atoms with Gasteiger partial charge in [-0.05, 0) is 44.4 Å². The Morgan fingerprint density at radius 2 is 1.94 bits per heavy atom. The van der Waals surface area contributed by atoms with Gasteiger partial charge >= 0.3 is 5.69 Å². The van der Waals surface area contributed by atoms with Crippen molar-refractivity contribution < 1.29 is 4.79 Å². The van der Waals surface area contributed by atoms with Crippen LogP contribution in [0, 0.1) is 13.8 Å². The van der Waals surface area contributed by atoms with E-state index in [-0.39, 0.29) is 24.7 Å². The van der Waals surface area contributed by atoms with E-state index < -0.39 is 11.2 Å². The lowest BCUT2D eigenvalue weighted by molar-refractivity contribution is -0.121. The van der Waals surface area contributed by atoms with Gasteiger partial charge in [-0.1, -0.05) is 24.6 Å². The molecule has 9 nitrogen and oxygen atoms in total. The smallest absolute Gasteiger partial charge is 0.329 e. The molecule has 34 heavy (non-hydrogen) atoms. The van der Waals surface area contributed by atoms with Gasteiger partial charge in [0.1, 0.15) is 11.6 Å². The quantitative estimate of drug-likeness (QED) is 0.360. The van der Waals surface area contributed by atoms with Crippen LogP contribution in [0.4, 0.5) is 11.5 Å². The first-order chi connectivity index (χ1) is 16.3. The summed E-state index contributed by atoms with van der Waals surface area (Å²) >= 11 is 6.12. The molecule has 0 fully saturated rings. The van der Waals surface area contributed by atoms with Crippen molar-refractivity contribution in [1.29, 1.82) is 0 Å². The summed E-state index contributed by atoms with van der Waals surface area (Å²) in [6, 6.07) is 6.69. The molecule has 3 N–H and O–H groups in total. The van der Waals surface area contributed by atoms with Crippen LogP contribution in [0.25, 0.3) is 0 Å². The van der Waals surface area contributed by atoms with Gasteiger partial charge in [0, 0.05) is 55.4 Å². The van der Waals surface area contributed by atoms with Crippen molar-refractivity contribution in [3.8, 4) is 0 Å². The van der Waals surface area contributed by atoms with Gasteiger partial charge in [-0.25, -0.2) is 9.78 Å². The minimum atomic E-state index is -0.532. The number of carbonyl (C=O) groups excluding carboxylic acids is 1. The zero-order valence-electron chi connectivity index (χ0n) is 19.8. The highest BCUT2D eigenvalue weighted by atomic mass is 35.5. The average molecular weight is 487 g/mol. The number of nitrogens with one attached hydrogen (secondary N) is 3. The number of halogens is 1. The molecule has 0 spiro atoms. The van der Waals surface area contributed by atoms with E-state index in [4.69, 9.17) is 11.6 Å². The molecule has 0 aliphatic carbocycles. The number of H-pyrrole nitrogens is 1. The summed E-state index contributed by atoms with van der Waals surface area (Å²) in [5.41, 5.74) is 1.62. The van der Waals surface area contributed by atoms with Crippen LogP contribution >= 0.6 is 11.6 Å². The molecule has 3 rings (SSSR count). The number of nitrogens with zero attached hydrogens (tertiary/aromatic N) is 3. The van der Waals surface area contributed by atoms with Gasteiger partial charge in [-0.2, -0.15) is 0 Å². The first kappa shape index (κ1) is 25.3. The van der Waals surface area contributed by atoms with E-state index in [0.717, 1.165) is 41.0 Å². The highest BCUT2D eigenvalue weighted by molar-refractivity contribution is 6.31. The van der Waals surface area contributed by atoms with Crippen molar-refractivity contribution in [3.05, 3.63) is 73.4 Å². The Morgan fingerprint density at radius 1 is 1.15 bits per heavy atom. The number of aryl methyl sites for hydroxylation is 4. The molecular weight excluding hydrogens is 456 g/mol. The summed E-state index contributed by atoms with van der Waals surface area (Å²) in [6.45, 7) is 7.44. The Kier molecular flexibility index (Phi) is 8.70. The fraction of sp³-hybridized carbons (Fsp3) is 0.417. The first-order valence-electron chi connectivity index (χ1n) is 11.4. The molecule has 0 saturated carbocycles. The Hall–Kier alpha value is -3.33. The van der Waals surface area contributed by atoms with E-state index in [2.05, 4.69) is 32.1 Å². The minimum absolute atomic E-state index is 0.100. The van der Waals surface area contributed by atoms with Gasteiger partial charge < -0.3 is 15.2 Å². The minimum Gasteiger partial charge on any atom is -0.356 e. The van der Waals surface area contributed by atoms with Crippen molar-refractivity contribution in [2.75, 3.05) is 11.9 Å². The largest absolute Gasteiger partial charge is 0.356 e. The van der Waals surface area contributed by atoms with Gasteiger partial charge in [0.05, 0.1) is 5.69 Å². The molecule has 1 aromatic carbocycles. The zero-order valence-corrected chi connectivity index (χ0v) is 20.5. The van der Waals surface area contributed by atoms with E-state index in [0.29, 0.717) is 23.7 Å². The molecule has 0 radical (unpaired) electrons. The molecule has 0 saturated heterocycles. The van der Waals surface area contributed by atoms with Crippen LogP contribution < -0.4 is 21.9 Å². The summed E-state index contributed by atoms with van der Waals surface area (Å²) in [5, 5.41) is 6.46. The first-order valence-corrected chi connectivity index (χ1v) is 11.8. The van der Waals surface area contributed by atoms with Gasteiger partial charge in [-0.15, -0.1) is 0 Å². The lowest BCUT2D eigenvalue weighted by Crippen LogP contribution is -2.35. The summed E-state index contributed by atoms with van der Waals surface area (Å²) in [7, 11) is 0. The maximum atomic E-state index is 12.4. The van der Waals surface area contributed by atoms with E-state index in [1.807, 2.05) is 32.2 Å². The zero-order chi connectivity index (χ0) is 24.7. The maximum absolute atomic E-state index is 12.4. The van der Waals surface area contributed by atoms with Crippen LogP contribution in [-0.4, -0.2) is 31.6 Å². The number of rotatable bonds is 11. The summed E-state index contributed by atoms with van der Waals surface area (Å²) in [6.07, 6.45) is 4.31. The number of amides is 1. The number of benzene rings is 1. The molecule has 2 aromatic heterocycles. The van der Waals surface area contributed by atoms with Crippen LogP contribution in [0.1, 0.15) is 43.3 Å². The number of anilines is 2. The van der Waals surface area contributed by atoms with E-state index in [9.17, 15) is 14.4 Å². The number of carbonyl (C=O) groups is 1. The Labute approximate surface area is 203 Å². The predicted octanol–water partition coefficient (Wildman–Crippen LogP) is 3.30. The molecule has 1 amide bonds. The average Bonchev–Trinajstić information content (AvgIpc) is 3.15. The molecule has 0 atom stereocenters. The molecule has 2 heterocycles. The Balaban J connectivity index is 1.44. The second-order valence-corrected chi connectivity index (χ2v) is 8.63. The monoisotopic (exact) mass is 486 g/mol. The van der Waals surface area contributed by atoms with Crippen LogP contribution in [0.5, 0.6) is 0 Å². The molecule has 182 valence electrons. The van der Waals surface area contributed by atoms with Gasteiger partial charge in [-0.3, -0.25) is 19.1 Å². The van der Waals surface area contributed by atoms with Crippen molar-refractivity contribution in [2.45, 2.75) is 59.5 Å². The summed E-state index contributed by atoms with van der Waals surface area (Å²) in [4.78, 5) is 44.0. The van der Waals surface area contributed by atoms with Crippen molar-refractivity contribution in [1.82, 2.24) is 24.4 Å². The molecule has 0 bridgehead atoms. The molecule has 0 aliphatic rings. The Morgan fingerprint density at radius 3 is 2.65 bits per heavy atom. The fourth-order valence-electron chi connectivity index (χ4n) is 3.66. The number of hydrogen-bond donors (Lipinski definition) is 3. The topological polar surface area (TPSA) is 114 Å². The van der Waals surface area contributed by atoms with Crippen LogP contribution in [0.2, 0.25) is 5.02 Å². The van der Waals surface area contributed by atoms with Gasteiger partial charge in [0.25, 0.3) is 5.56 Å². The van der Waals surface area contributed by atoms with Gasteiger partial charge in [0.2, 0.25) is 5.91 Å². The van der Waals surface area contributed by atoms with E-state index in [1.54, 1.807) is 6.07 Å². The SMILES string of the molecule is CCc1nc(C)cn1CCCNC(=O)CCCn1c(=O)cc(Nc2ccc(C)c(Cl)c2)[nH]c1=O. The standard InChI is InChI=1S/C24H31ClN6O3/c1-4-21-27-17(3)15-30(21)11-6-10-26-22(32)7-5-12-31-23(33)14-20(29-24(31)34)28-18-9-8-16(2)19(25)13-18/h8-9,13-15,28H,4-7,10-12H2,1-3H3,(H,26,32)(H,29,34). The van der Waals surface area contributed by atoms with Crippen molar-refractivity contribution >= 4 is 29.0 Å². The second kappa shape index (κ2) is 11.7. The third-order valence-corrected chi connectivity index (χ3v) is 5.86. The normalized spacial score (nSPS) is 10.9. The third-order valence-electron chi connectivity index (χ3n) is 5.45. The lowest BCUT2D eigenvalue weighted by atomic mass is 10.2. The molecule has 3 aromatic rings. The molecular formula is C24H31ClN6O3. The van der Waals surface area contributed by atoms with E-state index in [1.165, 1.54) is 6.07 Å². The highest BCUT2D eigenvalue weighted by Gasteiger charge is 2.08. The third kappa shape index (κ3) is 6.84. The van der Waals surface area contributed by atoms with Gasteiger partial charge in [0.15, 0.2) is 0 Å². The van der Waals surface area contributed by atoms with Crippen molar-refractivity contribution in [3.63, 3.8) is 0 Å². The number of aromatic amines is 1. The second-order valence-electron chi connectivity index (χ2n) is 8.22. The number of imidazole rings is 1. The van der Waals surface area contributed by atoms with Crippen LogP contribution in [-0.2, 0) is 24.3 Å². The number of hydrogen-bond acceptors (Lipinski definition) is 5. The number of aromatic nitrogens is 4.